The van der Waals surface area contributed by atoms with Crippen molar-refractivity contribution >= 4 is 5.96 Å². The topological polar surface area (TPSA) is 71.7 Å². The summed E-state index contributed by atoms with van der Waals surface area (Å²) in [6, 6.07) is 6.66. The first-order valence-electron chi connectivity index (χ1n) is 8.52. The number of rotatable bonds is 8. The molecule has 2 aromatic rings. The van der Waals surface area contributed by atoms with Crippen molar-refractivity contribution in [3.63, 3.8) is 0 Å². The zero-order valence-electron chi connectivity index (χ0n) is 15.2. The number of guanidine groups is 1. The molecular formula is C18H24F2N4O2. The molecule has 0 bridgehead atoms. The number of hydrogen-bond acceptors (Lipinski definition) is 4. The number of para-hydroxylation sites is 1. The maximum absolute atomic E-state index is 12.5. The minimum Gasteiger partial charge on any atom is -0.434 e. The van der Waals surface area contributed by atoms with Gasteiger partial charge in [0.2, 0.25) is 0 Å². The van der Waals surface area contributed by atoms with Gasteiger partial charge in [0.1, 0.15) is 11.5 Å². The van der Waals surface area contributed by atoms with E-state index in [0.717, 1.165) is 29.9 Å². The highest BCUT2D eigenvalue weighted by Crippen LogP contribution is 2.20. The third kappa shape index (κ3) is 5.18. The number of alkyl halides is 2. The van der Waals surface area contributed by atoms with Gasteiger partial charge in [0.15, 0.2) is 5.96 Å². The molecule has 0 aliphatic heterocycles. The van der Waals surface area contributed by atoms with E-state index in [2.05, 4.69) is 25.5 Å². The monoisotopic (exact) mass is 366 g/mol. The van der Waals surface area contributed by atoms with Crippen molar-refractivity contribution in [1.29, 1.82) is 0 Å². The number of halogens is 2. The molecule has 0 aliphatic carbocycles. The smallest absolute Gasteiger partial charge is 0.387 e. The van der Waals surface area contributed by atoms with E-state index in [1.165, 1.54) is 6.07 Å². The molecule has 0 radical (unpaired) electrons. The highest BCUT2D eigenvalue weighted by molar-refractivity contribution is 5.79. The fourth-order valence-corrected chi connectivity index (χ4v) is 2.57. The Morgan fingerprint density at radius 1 is 1.19 bits per heavy atom. The second-order valence-corrected chi connectivity index (χ2v) is 5.50. The SMILES string of the molecule is CCc1noc(CC)c1CNC(=NC)NCc1ccccc1OC(F)F. The molecule has 0 fully saturated rings. The number of aromatic nitrogens is 1. The predicted octanol–water partition coefficient (Wildman–Crippen LogP) is 3.27. The maximum Gasteiger partial charge on any atom is 0.387 e. The number of benzene rings is 1. The van der Waals surface area contributed by atoms with Gasteiger partial charge in [0.25, 0.3) is 0 Å². The summed E-state index contributed by atoms with van der Waals surface area (Å²) in [4.78, 5) is 4.16. The quantitative estimate of drug-likeness (QED) is 0.554. The Morgan fingerprint density at radius 2 is 1.92 bits per heavy atom. The van der Waals surface area contributed by atoms with E-state index in [0.29, 0.717) is 24.6 Å². The van der Waals surface area contributed by atoms with Crippen LogP contribution in [0.5, 0.6) is 5.75 Å². The molecule has 2 rings (SSSR count). The summed E-state index contributed by atoms with van der Waals surface area (Å²) >= 11 is 0. The number of aliphatic imine (C=N–C) groups is 1. The lowest BCUT2D eigenvalue weighted by molar-refractivity contribution is -0.0504. The van der Waals surface area contributed by atoms with Gasteiger partial charge >= 0.3 is 6.61 Å². The van der Waals surface area contributed by atoms with Gasteiger partial charge in [-0.1, -0.05) is 37.2 Å². The van der Waals surface area contributed by atoms with Crippen molar-refractivity contribution in [2.24, 2.45) is 4.99 Å². The van der Waals surface area contributed by atoms with Crippen molar-refractivity contribution in [2.75, 3.05) is 7.05 Å². The van der Waals surface area contributed by atoms with Crippen molar-refractivity contribution < 1.29 is 18.0 Å². The Labute approximate surface area is 151 Å². The van der Waals surface area contributed by atoms with Crippen LogP contribution in [-0.4, -0.2) is 24.8 Å². The number of aryl methyl sites for hydroxylation is 2. The van der Waals surface area contributed by atoms with Gasteiger partial charge in [-0.2, -0.15) is 8.78 Å². The third-order valence-electron chi connectivity index (χ3n) is 3.90. The van der Waals surface area contributed by atoms with Crippen molar-refractivity contribution in [3.8, 4) is 5.75 Å². The lowest BCUT2D eigenvalue weighted by Gasteiger charge is -2.14. The second-order valence-electron chi connectivity index (χ2n) is 5.50. The van der Waals surface area contributed by atoms with Crippen LogP contribution < -0.4 is 15.4 Å². The first-order valence-corrected chi connectivity index (χ1v) is 8.52. The summed E-state index contributed by atoms with van der Waals surface area (Å²) < 4.78 is 34.9. The molecule has 142 valence electrons. The highest BCUT2D eigenvalue weighted by atomic mass is 19.3. The first-order chi connectivity index (χ1) is 12.6. The van der Waals surface area contributed by atoms with Gasteiger partial charge in [0, 0.05) is 37.7 Å². The normalized spacial score (nSPS) is 11.7. The van der Waals surface area contributed by atoms with E-state index < -0.39 is 6.61 Å². The number of ether oxygens (including phenoxy) is 1. The lowest BCUT2D eigenvalue weighted by atomic mass is 10.1. The summed E-state index contributed by atoms with van der Waals surface area (Å²) in [5.74, 6) is 1.54. The van der Waals surface area contributed by atoms with Crippen LogP contribution in [0.3, 0.4) is 0 Å². The summed E-state index contributed by atoms with van der Waals surface area (Å²) in [7, 11) is 1.64. The van der Waals surface area contributed by atoms with Crippen LogP contribution in [0.15, 0.2) is 33.8 Å². The molecule has 1 heterocycles. The number of nitrogens with zero attached hydrogens (tertiary/aromatic N) is 2. The summed E-state index contributed by atoms with van der Waals surface area (Å²) in [6.45, 7) is 1.99. The molecule has 6 nitrogen and oxygen atoms in total. The molecule has 0 atom stereocenters. The largest absolute Gasteiger partial charge is 0.434 e. The molecule has 0 amide bonds. The predicted molar refractivity (Wildman–Crippen MR) is 95.4 cm³/mol. The van der Waals surface area contributed by atoms with Crippen LogP contribution in [0.4, 0.5) is 8.78 Å². The van der Waals surface area contributed by atoms with Crippen molar-refractivity contribution in [1.82, 2.24) is 15.8 Å². The van der Waals surface area contributed by atoms with E-state index in [1.807, 2.05) is 13.8 Å². The Bertz CT molecular complexity index is 710. The molecule has 2 N–H and O–H groups in total. The zero-order valence-corrected chi connectivity index (χ0v) is 15.2. The maximum atomic E-state index is 12.5. The molecule has 0 spiro atoms. The van der Waals surface area contributed by atoms with Gasteiger partial charge in [-0.15, -0.1) is 0 Å². The minimum atomic E-state index is -2.86. The van der Waals surface area contributed by atoms with Gasteiger partial charge in [-0.05, 0) is 12.5 Å². The van der Waals surface area contributed by atoms with Crippen LogP contribution >= 0.6 is 0 Å². The van der Waals surface area contributed by atoms with E-state index in [1.54, 1.807) is 25.2 Å². The Hall–Kier alpha value is -2.64. The number of nitrogens with one attached hydrogen (secondary N) is 2. The summed E-state index contributed by atoms with van der Waals surface area (Å²) in [6.07, 6.45) is 1.54. The summed E-state index contributed by atoms with van der Waals surface area (Å²) in [5, 5.41) is 10.4. The van der Waals surface area contributed by atoms with Crippen LogP contribution in [0, 0.1) is 0 Å². The average molecular weight is 366 g/mol. The van der Waals surface area contributed by atoms with Gasteiger partial charge < -0.3 is 19.9 Å². The van der Waals surface area contributed by atoms with Crippen LogP contribution in [0.1, 0.15) is 36.4 Å². The minimum absolute atomic E-state index is 0.144. The molecule has 0 unspecified atom stereocenters. The zero-order chi connectivity index (χ0) is 18.9. The average Bonchev–Trinajstić information content (AvgIpc) is 3.04. The van der Waals surface area contributed by atoms with Gasteiger partial charge in [-0.25, -0.2) is 0 Å². The van der Waals surface area contributed by atoms with E-state index >= 15 is 0 Å². The third-order valence-corrected chi connectivity index (χ3v) is 3.90. The van der Waals surface area contributed by atoms with Crippen molar-refractivity contribution in [2.45, 2.75) is 46.4 Å². The summed E-state index contributed by atoms with van der Waals surface area (Å²) in [5.41, 5.74) is 2.56. The highest BCUT2D eigenvalue weighted by Gasteiger charge is 2.14. The second kappa shape index (κ2) is 9.74. The Morgan fingerprint density at radius 3 is 2.58 bits per heavy atom. The molecule has 0 aliphatic rings. The fourth-order valence-electron chi connectivity index (χ4n) is 2.57. The number of hydrogen-bond donors (Lipinski definition) is 2. The molecule has 26 heavy (non-hydrogen) atoms. The van der Waals surface area contributed by atoms with E-state index in [-0.39, 0.29) is 5.75 Å². The van der Waals surface area contributed by atoms with Crippen LogP contribution in [0.2, 0.25) is 0 Å². The molecule has 0 saturated heterocycles. The Balaban J connectivity index is 1.98. The first kappa shape index (κ1) is 19.7. The lowest BCUT2D eigenvalue weighted by Crippen LogP contribution is -2.36. The van der Waals surface area contributed by atoms with E-state index in [9.17, 15) is 8.78 Å². The molecule has 1 aromatic heterocycles. The van der Waals surface area contributed by atoms with Gasteiger partial charge in [0.05, 0.1) is 5.69 Å². The van der Waals surface area contributed by atoms with E-state index in [4.69, 9.17) is 4.52 Å². The standard InChI is InChI=1S/C18H24F2N4O2/c1-4-14-13(15(5-2)26-24-14)11-23-18(21-3)22-10-12-8-6-7-9-16(12)25-17(19)20/h6-9,17H,4-5,10-11H2,1-3H3,(H2,21,22,23). The van der Waals surface area contributed by atoms with Crippen LogP contribution in [-0.2, 0) is 25.9 Å². The van der Waals surface area contributed by atoms with Crippen LogP contribution in [0.25, 0.3) is 0 Å². The Kier molecular flexibility index (Phi) is 7.37. The molecular weight excluding hydrogens is 342 g/mol. The molecule has 8 heteroatoms. The molecule has 0 saturated carbocycles. The fraction of sp³-hybridized carbons (Fsp3) is 0.444. The molecule has 1 aromatic carbocycles. The van der Waals surface area contributed by atoms with Crippen molar-refractivity contribution in [3.05, 3.63) is 46.8 Å². The van der Waals surface area contributed by atoms with Gasteiger partial charge in [-0.3, -0.25) is 4.99 Å².